The lowest BCUT2D eigenvalue weighted by Gasteiger charge is -2.09. The molecule has 17 heavy (non-hydrogen) atoms. The molecule has 0 bridgehead atoms. The van der Waals surface area contributed by atoms with Crippen LogP contribution in [0.4, 0.5) is 11.8 Å². The number of rotatable bonds is 4. The summed E-state index contributed by atoms with van der Waals surface area (Å²) in [5.41, 5.74) is 2.13. The van der Waals surface area contributed by atoms with Gasteiger partial charge in [-0.15, -0.1) is 6.58 Å². The molecule has 0 spiro atoms. The molecule has 0 atom stereocenters. The van der Waals surface area contributed by atoms with Gasteiger partial charge in [0.25, 0.3) is 0 Å². The maximum atomic E-state index is 4.42. The van der Waals surface area contributed by atoms with Gasteiger partial charge in [0.15, 0.2) is 0 Å². The molecule has 0 aliphatic rings. The summed E-state index contributed by atoms with van der Waals surface area (Å²) in [4.78, 5) is 8.83. The molecule has 4 heteroatoms. The number of hydrogen-bond donors (Lipinski definition) is 2. The first-order valence-corrected chi connectivity index (χ1v) is 5.55. The van der Waals surface area contributed by atoms with E-state index in [4.69, 9.17) is 0 Å². The molecule has 0 unspecified atom stereocenters. The number of aromatic nitrogens is 2. The quantitative estimate of drug-likeness (QED) is 0.790. The van der Waals surface area contributed by atoms with Crippen molar-refractivity contribution in [2.75, 3.05) is 24.2 Å². The summed E-state index contributed by atoms with van der Waals surface area (Å²) in [6.07, 6.45) is 1.81. The van der Waals surface area contributed by atoms with Crippen LogP contribution in [0, 0.1) is 6.92 Å². The number of benzene rings is 1. The number of nitrogens with zero attached hydrogens (tertiary/aromatic N) is 2. The van der Waals surface area contributed by atoms with Crippen molar-refractivity contribution in [3.63, 3.8) is 0 Å². The van der Waals surface area contributed by atoms with Crippen molar-refractivity contribution in [3.05, 3.63) is 36.4 Å². The lowest BCUT2D eigenvalue weighted by atomic mass is 10.1. The maximum absolute atomic E-state index is 4.42. The number of fused-ring (bicyclic) bond motifs is 1. The molecule has 1 aromatic carbocycles. The van der Waals surface area contributed by atoms with Crippen molar-refractivity contribution < 1.29 is 0 Å². The molecule has 0 aliphatic carbocycles. The molecule has 0 saturated carbocycles. The van der Waals surface area contributed by atoms with Gasteiger partial charge in [-0.25, -0.2) is 4.98 Å². The molecule has 0 fully saturated rings. The molecule has 0 radical (unpaired) electrons. The largest absolute Gasteiger partial charge is 0.366 e. The van der Waals surface area contributed by atoms with Crippen LogP contribution in [0.25, 0.3) is 10.9 Å². The topological polar surface area (TPSA) is 49.8 Å². The summed E-state index contributed by atoms with van der Waals surface area (Å²) < 4.78 is 0. The fourth-order valence-electron chi connectivity index (χ4n) is 1.66. The highest BCUT2D eigenvalue weighted by Crippen LogP contribution is 2.22. The summed E-state index contributed by atoms with van der Waals surface area (Å²) in [6, 6.07) is 6.14. The third-order valence-electron chi connectivity index (χ3n) is 2.49. The summed E-state index contributed by atoms with van der Waals surface area (Å²) in [5.74, 6) is 1.45. The van der Waals surface area contributed by atoms with Crippen LogP contribution >= 0.6 is 0 Å². The monoisotopic (exact) mass is 228 g/mol. The molecule has 2 N–H and O–H groups in total. The molecular formula is C13H16N4. The second-order valence-corrected chi connectivity index (χ2v) is 3.84. The SMILES string of the molecule is C=CCNc1nc(NC)nc2ccc(C)cc12. The Kier molecular flexibility index (Phi) is 3.23. The van der Waals surface area contributed by atoms with E-state index in [1.165, 1.54) is 5.56 Å². The van der Waals surface area contributed by atoms with Crippen molar-refractivity contribution in [2.24, 2.45) is 0 Å². The maximum Gasteiger partial charge on any atom is 0.224 e. The molecule has 0 saturated heterocycles. The Hall–Kier alpha value is -2.10. The zero-order valence-corrected chi connectivity index (χ0v) is 10.1. The smallest absolute Gasteiger partial charge is 0.224 e. The van der Waals surface area contributed by atoms with E-state index in [0.717, 1.165) is 16.7 Å². The van der Waals surface area contributed by atoms with Gasteiger partial charge in [-0.05, 0) is 19.1 Å². The molecule has 2 aromatic rings. The van der Waals surface area contributed by atoms with Gasteiger partial charge in [0.2, 0.25) is 5.95 Å². The number of nitrogens with one attached hydrogen (secondary N) is 2. The van der Waals surface area contributed by atoms with Crippen LogP contribution in [0.1, 0.15) is 5.56 Å². The second kappa shape index (κ2) is 4.82. The van der Waals surface area contributed by atoms with Gasteiger partial charge >= 0.3 is 0 Å². The van der Waals surface area contributed by atoms with Crippen LogP contribution in [-0.2, 0) is 0 Å². The minimum Gasteiger partial charge on any atom is -0.366 e. The lowest BCUT2D eigenvalue weighted by Crippen LogP contribution is -2.05. The minimum absolute atomic E-state index is 0.618. The van der Waals surface area contributed by atoms with Crippen molar-refractivity contribution in [3.8, 4) is 0 Å². The van der Waals surface area contributed by atoms with Crippen LogP contribution in [0.2, 0.25) is 0 Å². The van der Waals surface area contributed by atoms with Crippen LogP contribution in [0.5, 0.6) is 0 Å². The predicted molar refractivity (Wildman–Crippen MR) is 72.5 cm³/mol. The van der Waals surface area contributed by atoms with Crippen LogP contribution in [-0.4, -0.2) is 23.6 Å². The van der Waals surface area contributed by atoms with Gasteiger partial charge < -0.3 is 10.6 Å². The first-order valence-electron chi connectivity index (χ1n) is 5.55. The Labute approximate surface area is 101 Å². The minimum atomic E-state index is 0.618. The average molecular weight is 228 g/mol. The van der Waals surface area contributed by atoms with Gasteiger partial charge in [0, 0.05) is 19.0 Å². The summed E-state index contributed by atoms with van der Waals surface area (Å²) in [7, 11) is 1.81. The molecule has 2 rings (SSSR count). The third-order valence-corrected chi connectivity index (χ3v) is 2.49. The highest BCUT2D eigenvalue weighted by molar-refractivity contribution is 5.90. The van der Waals surface area contributed by atoms with Gasteiger partial charge in [-0.1, -0.05) is 17.7 Å². The van der Waals surface area contributed by atoms with Crippen LogP contribution in [0.15, 0.2) is 30.9 Å². The van der Waals surface area contributed by atoms with E-state index in [1.54, 1.807) is 0 Å². The second-order valence-electron chi connectivity index (χ2n) is 3.84. The summed E-state index contributed by atoms with van der Waals surface area (Å²) >= 11 is 0. The van der Waals surface area contributed by atoms with Crippen molar-refractivity contribution in [1.29, 1.82) is 0 Å². The molecule has 1 heterocycles. The van der Waals surface area contributed by atoms with Gasteiger partial charge in [0.1, 0.15) is 5.82 Å². The van der Waals surface area contributed by atoms with Gasteiger partial charge in [-0.3, -0.25) is 0 Å². The van der Waals surface area contributed by atoms with E-state index in [1.807, 2.05) is 25.3 Å². The van der Waals surface area contributed by atoms with Crippen molar-refractivity contribution in [2.45, 2.75) is 6.92 Å². The van der Waals surface area contributed by atoms with Crippen LogP contribution in [0.3, 0.4) is 0 Å². The molecule has 4 nitrogen and oxygen atoms in total. The van der Waals surface area contributed by atoms with Crippen LogP contribution < -0.4 is 10.6 Å². The summed E-state index contributed by atoms with van der Waals surface area (Å²) in [6.45, 7) is 6.44. The van der Waals surface area contributed by atoms with E-state index in [-0.39, 0.29) is 0 Å². The first kappa shape index (κ1) is 11.4. The van der Waals surface area contributed by atoms with E-state index < -0.39 is 0 Å². The Morgan fingerprint density at radius 3 is 2.88 bits per heavy atom. The zero-order chi connectivity index (χ0) is 12.3. The van der Waals surface area contributed by atoms with E-state index >= 15 is 0 Å². The van der Waals surface area contributed by atoms with E-state index in [0.29, 0.717) is 12.5 Å². The first-order chi connectivity index (χ1) is 8.24. The standard InChI is InChI=1S/C13H16N4/c1-4-7-15-12-10-8-9(2)5-6-11(10)16-13(14-3)17-12/h4-6,8H,1,7H2,2-3H3,(H2,14,15,16,17). The van der Waals surface area contributed by atoms with Crippen molar-refractivity contribution in [1.82, 2.24) is 9.97 Å². The summed E-state index contributed by atoms with van der Waals surface area (Å²) in [5, 5.41) is 7.23. The van der Waals surface area contributed by atoms with Crippen molar-refractivity contribution >= 4 is 22.7 Å². The number of anilines is 2. The fraction of sp³-hybridized carbons (Fsp3) is 0.231. The molecule has 88 valence electrons. The lowest BCUT2D eigenvalue weighted by molar-refractivity contribution is 1.17. The third kappa shape index (κ3) is 2.36. The van der Waals surface area contributed by atoms with Gasteiger partial charge in [0.05, 0.1) is 5.52 Å². The number of aryl methyl sites for hydroxylation is 1. The Balaban J connectivity index is 2.58. The Morgan fingerprint density at radius 2 is 2.18 bits per heavy atom. The van der Waals surface area contributed by atoms with E-state index in [9.17, 15) is 0 Å². The molecule has 1 aromatic heterocycles. The zero-order valence-electron chi connectivity index (χ0n) is 10.1. The average Bonchev–Trinajstić information content (AvgIpc) is 2.35. The highest BCUT2D eigenvalue weighted by Gasteiger charge is 2.06. The highest BCUT2D eigenvalue weighted by atomic mass is 15.1. The number of hydrogen-bond acceptors (Lipinski definition) is 4. The molecule has 0 amide bonds. The molecular weight excluding hydrogens is 212 g/mol. The predicted octanol–water partition coefficient (Wildman–Crippen LogP) is 2.58. The van der Waals surface area contributed by atoms with Gasteiger partial charge in [-0.2, -0.15) is 4.98 Å². The Bertz CT molecular complexity index is 548. The molecule has 0 aliphatic heterocycles. The Morgan fingerprint density at radius 1 is 1.35 bits per heavy atom. The van der Waals surface area contributed by atoms with E-state index in [2.05, 4.69) is 40.2 Å². The fourth-order valence-corrected chi connectivity index (χ4v) is 1.66. The normalized spacial score (nSPS) is 10.2.